The Kier molecular flexibility index (Phi) is 511. The minimum absolute atomic E-state index is 0. The Morgan fingerprint density at radius 3 is 0.600 bits per heavy atom. The first-order chi connectivity index (χ1) is 0. The van der Waals surface area contributed by atoms with Crippen molar-refractivity contribution in [3.05, 3.63) is 0 Å². The SMILES string of the molecule is Br.Br.Br.Br.C.[H+]. The van der Waals surface area contributed by atoms with Crippen LogP contribution in [0, 0.1) is 0 Å². The lowest BCUT2D eigenvalue weighted by atomic mass is 12.0. The zero-order valence-electron chi connectivity index (χ0n) is 2.63. The normalized spacial score (nSPS) is 0. The van der Waals surface area contributed by atoms with E-state index < -0.39 is 0 Å². The fourth-order valence-corrected chi connectivity index (χ4v) is 0. The van der Waals surface area contributed by atoms with Gasteiger partial charge >= 0.3 is 1.43 Å². The summed E-state index contributed by atoms with van der Waals surface area (Å²) < 4.78 is 0. The summed E-state index contributed by atoms with van der Waals surface area (Å²) >= 11 is 0. The van der Waals surface area contributed by atoms with Gasteiger partial charge in [-0.2, -0.15) is 0 Å². The summed E-state index contributed by atoms with van der Waals surface area (Å²) in [5.74, 6) is 0. The molecular weight excluding hydrogens is 332 g/mol. The lowest BCUT2D eigenvalue weighted by Gasteiger charge is -0.115. The molecule has 0 aromatic carbocycles. The lowest BCUT2D eigenvalue weighted by Crippen LogP contribution is 0.144. The summed E-state index contributed by atoms with van der Waals surface area (Å²) in [6.45, 7) is 0. The standard InChI is InChI=1S/CH4.4BrH/h1H4;4*1H/p+1. The van der Waals surface area contributed by atoms with Gasteiger partial charge < -0.3 is 0 Å². The van der Waals surface area contributed by atoms with E-state index in [1.54, 1.807) is 0 Å². The lowest BCUT2D eigenvalue weighted by molar-refractivity contribution is 2.50. The van der Waals surface area contributed by atoms with Crippen molar-refractivity contribution in [1.29, 1.82) is 0 Å². The molecule has 5 heavy (non-hydrogen) atoms. The summed E-state index contributed by atoms with van der Waals surface area (Å²) in [5, 5.41) is 0. The average Bonchev–Trinajstić information content (AvgIpc) is 0. The maximum Gasteiger partial charge on any atom is 1.00 e. The molecule has 0 aliphatic rings. The van der Waals surface area contributed by atoms with Gasteiger partial charge in [-0.15, -0.1) is 67.9 Å². The van der Waals surface area contributed by atoms with Crippen LogP contribution in [0.25, 0.3) is 0 Å². The Morgan fingerprint density at radius 2 is 0.600 bits per heavy atom. The fraction of sp³-hybridized carbons (Fsp3) is 1.00. The zero-order chi connectivity index (χ0) is 0. The first kappa shape index (κ1) is 65.8. The average molecular weight is 341 g/mol. The van der Waals surface area contributed by atoms with Gasteiger partial charge in [0.25, 0.3) is 0 Å². The highest BCUT2D eigenvalue weighted by molar-refractivity contribution is 8.93. The smallest absolute Gasteiger partial charge is 0.114 e. The predicted molar refractivity (Wildman–Crippen MR) is 49.1 cm³/mol. The van der Waals surface area contributed by atoms with Gasteiger partial charge in [-0.1, -0.05) is 7.43 Å². The number of halogens is 4. The van der Waals surface area contributed by atoms with Crippen molar-refractivity contribution in [3.8, 4) is 0 Å². The first-order valence-corrected chi connectivity index (χ1v) is 0. The number of rotatable bonds is 0. The van der Waals surface area contributed by atoms with Gasteiger partial charge in [-0.25, -0.2) is 0 Å². The molecule has 0 aliphatic heterocycles. The molecule has 0 fully saturated rings. The molecule has 0 aromatic rings. The highest BCUT2D eigenvalue weighted by Crippen LogP contribution is 0.849. The highest BCUT2D eigenvalue weighted by atomic mass is 79.9. The second kappa shape index (κ2) is 38.9. The molecule has 0 aromatic heterocycles. The summed E-state index contributed by atoms with van der Waals surface area (Å²) in [6, 6.07) is 0. The van der Waals surface area contributed by atoms with E-state index in [1.807, 2.05) is 0 Å². The van der Waals surface area contributed by atoms with Gasteiger partial charge in [-0.05, 0) is 0 Å². The van der Waals surface area contributed by atoms with Gasteiger partial charge in [0.15, 0.2) is 0 Å². The maximum atomic E-state index is 0. The van der Waals surface area contributed by atoms with Crippen LogP contribution in [0.1, 0.15) is 8.85 Å². The Labute approximate surface area is 76.3 Å². The van der Waals surface area contributed by atoms with E-state index >= 15 is 0 Å². The van der Waals surface area contributed by atoms with Crippen molar-refractivity contribution in [2.45, 2.75) is 7.43 Å². The van der Waals surface area contributed by atoms with Gasteiger partial charge in [0.05, 0.1) is 0 Å². The van der Waals surface area contributed by atoms with Crippen LogP contribution in [-0.2, 0) is 0 Å². The molecule has 40 valence electrons. The van der Waals surface area contributed by atoms with Crippen molar-refractivity contribution >= 4 is 67.9 Å². The number of hydrogen-bond acceptors (Lipinski definition) is 0. The Balaban J connectivity index is 0. The third-order valence-corrected chi connectivity index (χ3v) is 0. The monoisotopic (exact) mass is 337 g/mol. The van der Waals surface area contributed by atoms with Crippen molar-refractivity contribution in [2.75, 3.05) is 0 Å². The third kappa shape index (κ3) is 24.7. The Morgan fingerprint density at radius 1 is 0.600 bits per heavy atom. The summed E-state index contributed by atoms with van der Waals surface area (Å²) in [6.07, 6.45) is 0. The van der Waals surface area contributed by atoms with Gasteiger partial charge in [0.2, 0.25) is 0 Å². The highest BCUT2D eigenvalue weighted by Gasteiger charge is -0.0774. The second-order valence-corrected chi connectivity index (χ2v) is 0. The minimum Gasteiger partial charge on any atom is -0.114 e. The first-order valence-electron chi connectivity index (χ1n) is 0. The molecule has 0 saturated carbocycles. The molecule has 0 N–H and O–H groups in total. The Bertz CT molecular complexity index is 7.51. The molecule has 0 spiro atoms. The molecule has 0 unspecified atom stereocenters. The molecule has 0 bridgehead atoms. The van der Waals surface area contributed by atoms with E-state index in [1.165, 1.54) is 0 Å². The van der Waals surface area contributed by atoms with E-state index in [-0.39, 0.29) is 76.8 Å². The van der Waals surface area contributed by atoms with E-state index in [2.05, 4.69) is 0 Å². The third-order valence-electron chi connectivity index (χ3n) is 0. The van der Waals surface area contributed by atoms with Crippen LogP contribution in [0.4, 0.5) is 0 Å². The topological polar surface area (TPSA) is 0 Å². The van der Waals surface area contributed by atoms with Crippen molar-refractivity contribution in [3.63, 3.8) is 0 Å². The fourth-order valence-electron chi connectivity index (χ4n) is 0. The van der Waals surface area contributed by atoms with Crippen LogP contribution in [0.2, 0.25) is 0 Å². The molecular formula is CH9Br4+. The van der Waals surface area contributed by atoms with Gasteiger partial charge in [-0.3, -0.25) is 0 Å². The van der Waals surface area contributed by atoms with E-state index in [9.17, 15) is 0 Å². The van der Waals surface area contributed by atoms with Crippen LogP contribution < -0.4 is 0 Å². The van der Waals surface area contributed by atoms with Crippen LogP contribution in [0.15, 0.2) is 0 Å². The molecule has 0 amide bonds. The zero-order valence-corrected chi connectivity index (χ0v) is 8.49. The van der Waals surface area contributed by atoms with E-state index in [0.29, 0.717) is 0 Å². The van der Waals surface area contributed by atoms with Crippen molar-refractivity contribution in [1.82, 2.24) is 0 Å². The van der Waals surface area contributed by atoms with E-state index in [0.717, 1.165) is 0 Å². The van der Waals surface area contributed by atoms with Crippen molar-refractivity contribution < 1.29 is 1.43 Å². The maximum absolute atomic E-state index is 0. The summed E-state index contributed by atoms with van der Waals surface area (Å²) in [5.41, 5.74) is 0. The van der Waals surface area contributed by atoms with Crippen LogP contribution in [0.5, 0.6) is 0 Å². The Hall–Kier alpha value is 1.92. The van der Waals surface area contributed by atoms with Gasteiger partial charge in [0, 0.05) is 0 Å². The molecule has 0 rings (SSSR count). The van der Waals surface area contributed by atoms with Crippen LogP contribution in [-0.4, -0.2) is 0 Å². The molecule has 0 heterocycles. The van der Waals surface area contributed by atoms with Crippen LogP contribution in [0.3, 0.4) is 0 Å². The summed E-state index contributed by atoms with van der Waals surface area (Å²) in [7, 11) is 0. The van der Waals surface area contributed by atoms with Crippen molar-refractivity contribution in [2.24, 2.45) is 0 Å². The van der Waals surface area contributed by atoms with Gasteiger partial charge in [0.1, 0.15) is 0 Å². The largest absolute Gasteiger partial charge is 1.00 e. The summed E-state index contributed by atoms with van der Waals surface area (Å²) in [4.78, 5) is 0. The number of hydrogen-bond donors (Lipinski definition) is 0. The molecule has 0 saturated heterocycles. The molecule has 0 nitrogen and oxygen atoms in total. The molecule has 0 aliphatic carbocycles. The molecule has 0 atom stereocenters. The quantitative estimate of drug-likeness (QED) is 0.636. The predicted octanol–water partition coefficient (Wildman–Crippen LogP) is 3.06. The van der Waals surface area contributed by atoms with Crippen LogP contribution >= 0.6 is 67.9 Å². The second-order valence-electron chi connectivity index (χ2n) is 0. The molecule has 4 heteroatoms. The molecule has 0 radical (unpaired) electrons. The minimum atomic E-state index is 0. The van der Waals surface area contributed by atoms with E-state index in [4.69, 9.17) is 0 Å².